The van der Waals surface area contributed by atoms with Gasteiger partial charge >= 0.3 is 0 Å². The highest BCUT2D eigenvalue weighted by molar-refractivity contribution is 5.38. The van der Waals surface area contributed by atoms with Gasteiger partial charge in [0.05, 0.1) is 0 Å². The van der Waals surface area contributed by atoms with Gasteiger partial charge in [0.25, 0.3) is 0 Å². The zero-order chi connectivity index (χ0) is 14.2. The summed E-state index contributed by atoms with van der Waals surface area (Å²) in [5, 5.41) is 3.97. The lowest BCUT2D eigenvalue weighted by atomic mass is 9.86. The second-order valence-corrected chi connectivity index (χ2v) is 6.36. The molecule has 0 N–H and O–H groups in total. The van der Waals surface area contributed by atoms with E-state index in [1.165, 1.54) is 5.56 Å². The van der Waals surface area contributed by atoms with E-state index in [9.17, 15) is 0 Å². The van der Waals surface area contributed by atoms with Crippen LogP contribution < -0.4 is 4.74 Å². The van der Waals surface area contributed by atoms with Gasteiger partial charge in [0.1, 0.15) is 5.75 Å². The van der Waals surface area contributed by atoms with Crippen LogP contribution in [0.25, 0.3) is 0 Å². The first-order valence-corrected chi connectivity index (χ1v) is 7.09. The van der Waals surface area contributed by atoms with E-state index in [0.29, 0.717) is 18.3 Å². The van der Waals surface area contributed by atoms with E-state index in [4.69, 9.17) is 9.26 Å². The van der Waals surface area contributed by atoms with Gasteiger partial charge in [-0.25, -0.2) is 0 Å². The van der Waals surface area contributed by atoms with Gasteiger partial charge in [-0.1, -0.05) is 44.1 Å². The molecule has 1 aromatic heterocycles. The van der Waals surface area contributed by atoms with Crippen molar-refractivity contribution in [2.24, 2.45) is 0 Å². The third kappa shape index (κ3) is 2.84. The first kappa shape index (κ1) is 13.2. The smallest absolute Gasteiger partial charge is 0.229 e. The summed E-state index contributed by atoms with van der Waals surface area (Å²) in [6.45, 7) is 6.88. The van der Waals surface area contributed by atoms with Crippen LogP contribution in [-0.4, -0.2) is 10.1 Å². The Morgan fingerprint density at radius 2 is 2.00 bits per heavy atom. The monoisotopic (exact) mass is 272 g/mol. The molecule has 0 atom stereocenters. The van der Waals surface area contributed by atoms with Crippen LogP contribution in [0.5, 0.6) is 5.75 Å². The average Bonchev–Trinajstić information content (AvgIpc) is 3.15. The van der Waals surface area contributed by atoms with Gasteiger partial charge in [-0.15, -0.1) is 0 Å². The average molecular weight is 272 g/mol. The van der Waals surface area contributed by atoms with Crippen molar-refractivity contribution in [1.29, 1.82) is 0 Å². The molecular formula is C16H20N2O2. The van der Waals surface area contributed by atoms with Crippen molar-refractivity contribution in [1.82, 2.24) is 10.1 Å². The fourth-order valence-electron chi connectivity index (χ4n) is 2.18. The van der Waals surface area contributed by atoms with Crippen LogP contribution in [0.3, 0.4) is 0 Å². The third-order valence-corrected chi connectivity index (χ3v) is 3.46. The second-order valence-electron chi connectivity index (χ2n) is 6.36. The predicted octanol–water partition coefficient (Wildman–Crippen LogP) is 3.82. The molecule has 1 aliphatic rings. The highest BCUT2D eigenvalue weighted by Gasteiger charge is 2.29. The number of para-hydroxylation sites is 1. The third-order valence-electron chi connectivity index (χ3n) is 3.46. The maximum Gasteiger partial charge on any atom is 0.229 e. The van der Waals surface area contributed by atoms with Crippen LogP contribution in [-0.2, 0) is 12.0 Å². The van der Waals surface area contributed by atoms with Crippen molar-refractivity contribution in [2.45, 2.75) is 51.6 Å². The standard InChI is InChI=1S/C16H20N2O2/c1-16(2,3)12-6-4-5-7-13(12)19-10-14-17-15(20-18-14)11-8-9-11/h4-7,11H,8-10H2,1-3H3. The summed E-state index contributed by atoms with van der Waals surface area (Å²) in [4.78, 5) is 4.38. The molecule has 3 rings (SSSR count). The molecule has 106 valence electrons. The molecule has 1 saturated carbocycles. The lowest BCUT2D eigenvalue weighted by Gasteiger charge is -2.22. The summed E-state index contributed by atoms with van der Waals surface area (Å²) in [6.07, 6.45) is 2.32. The zero-order valence-electron chi connectivity index (χ0n) is 12.2. The van der Waals surface area contributed by atoms with Gasteiger partial charge in [-0.3, -0.25) is 0 Å². The SMILES string of the molecule is CC(C)(C)c1ccccc1OCc1noc(C2CC2)n1. The van der Waals surface area contributed by atoms with E-state index in [2.05, 4.69) is 37.0 Å². The normalized spacial score (nSPS) is 15.3. The molecule has 1 aromatic carbocycles. The van der Waals surface area contributed by atoms with Gasteiger partial charge in [0.15, 0.2) is 6.61 Å². The molecule has 0 saturated heterocycles. The minimum absolute atomic E-state index is 0.0486. The summed E-state index contributed by atoms with van der Waals surface area (Å²) >= 11 is 0. The Morgan fingerprint density at radius 1 is 1.25 bits per heavy atom. The second kappa shape index (κ2) is 4.93. The molecular weight excluding hydrogens is 252 g/mol. The Labute approximate surface area is 119 Å². The lowest BCUT2D eigenvalue weighted by Crippen LogP contribution is -2.13. The molecule has 1 fully saturated rings. The minimum Gasteiger partial charge on any atom is -0.485 e. The Balaban J connectivity index is 1.71. The van der Waals surface area contributed by atoms with Crippen LogP contribution in [0.15, 0.2) is 28.8 Å². The van der Waals surface area contributed by atoms with Crippen LogP contribution in [0.4, 0.5) is 0 Å². The van der Waals surface area contributed by atoms with Crippen molar-refractivity contribution >= 4 is 0 Å². The maximum absolute atomic E-state index is 5.88. The number of nitrogens with zero attached hydrogens (tertiary/aromatic N) is 2. The molecule has 0 amide bonds. The summed E-state index contributed by atoms with van der Waals surface area (Å²) in [6, 6.07) is 8.10. The fourth-order valence-corrected chi connectivity index (χ4v) is 2.18. The molecule has 0 bridgehead atoms. The van der Waals surface area contributed by atoms with E-state index >= 15 is 0 Å². The van der Waals surface area contributed by atoms with Crippen LogP contribution >= 0.6 is 0 Å². The number of rotatable bonds is 4. The molecule has 1 heterocycles. The molecule has 0 radical (unpaired) electrons. The molecule has 2 aromatic rings. The Hall–Kier alpha value is -1.84. The topological polar surface area (TPSA) is 48.2 Å². The van der Waals surface area contributed by atoms with E-state index in [0.717, 1.165) is 24.5 Å². The number of aromatic nitrogens is 2. The van der Waals surface area contributed by atoms with Gasteiger partial charge in [0.2, 0.25) is 11.7 Å². The van der Waals surface area contributed by atoms with Gasteiger partial charge in [0, 0.05) is 5.92 Å². The first-order chi connectivity index (χ1) is 9.54. The molecule has 1 aliphatic carbocycles. The maximum atomic E-state index is 5.88. The quantitative estimate of drug-likeness (QED) is 0.848. The summed E-state index contributed by atoms with van der Waals surface area (Å²) < 4.78 is 11.1. The number of hydrogen-bond donors (Lipinski definition) is 0. The molecule has 4 nitrogen and oxygen atoms in total. The van der Waals surface area contributed by atoms with E-state index in [-0.39, 0.29) is 5.41 Å². The van der Waals surface area contributed by atoms with Crippen molar-refractivity contribution in [3.05, 3.63) is 41.5 Å². The molecule has 0 spiro atoms. The fraction of sp³-hybridized carbons (Fsp3) is 0.500. The summed E-state index contributed by atoms with van der Waals surface area (Å²) in [5.41, 5.74) is 1.23. The molecule has 0 aliphatic heterocycles. The zero-order valence-corrected chi connectivity index (χ0v) is 12.2. The summed E-state index contributed by atoms with van der Waals surface area (Å²) in [5.74, 6) is 2.75. The van der Waals surface area contributed by atoms with Gasteiger partial charge in [-0.05, 0) is 29.9 Å². The van der Waals surface area contributed by atoms with Crippen LogP contribution in [0.2, 0.25) is 0 Å². The summed E-state index contributed by atoms with van der Waals surface area (Å²) in [7, 11) is 0. The van der Waals surface area contributed by atoms with Crippen LogP contribution in [0, 0.1) is 0 Å². The lowest BCUT2D eigenvalue weighted by molar-refractivity contribution is 0.278. The number of hydrogen-bond acceptors (Lipinski definition) is 4. The largest absolute Gasteiger partial charge is 0.485 e. The van der Waals surface area contributed by atoms with Crippen molar-refractivity contribution in [3.63, 3.8) is 0 Å². The number of benzene rings is 1. The predicted molar refractivity (Wildman–Crippen MR) is 75.7 cm³/mol. The first-order valence-electron chi connectivity index (χ1n) is 7.09. The Bertz CT molecular complexity index is 595. The van der Waals surface area contributed by atoms with Gasteiger partial charge in [-0.2, -0.15) is 4.98 Å². The number of ether oxygens (including phenoxy) is 1. The van der Waals surface area contributed by atoms with Gasteiger partial charge < -0.3 is 9.26 Å². The minimum atomic E-state index is 0.0486. The highest BCUT2D eigenvalue weighted by atomic mass is 16.5. The van der Waals surface area contributed by atoms with Crippen molar-refractivity contribution < 1.29 is 9.26 Å². The van der Waals surface area contributed by atoms with E-state index in [1.54, 1.807) is 0 Å². The molecule has 0 unspecified atom stereocenters. The van der Waals surface area contributed by atoms with E-state index < -0.39 is 0 Å². The highest BCUT2D eigenvalue weighted by Crippen LogP contribution is 2.39. The molecule has 4 heteroatoms. The Kier molecular flexibility index (Phi) is 3.24. The molecule has 20 heavy (non-hydrogen) atoms. The van der Waals surface area contributed by atoms with E-state index in [1.807, 2.05) is 18.2 Å². The van der Waals surface area contributed by atoms with Crippen molar-refractivity contribution in [3.8, 4) is 5.75 Å². The van der Waals surface area contributed by atoms with Crippen molar-refractivity contribution in [2.75, 3.05) is 0 Å². The Morgan fingerprint density at radius 3 is 2.70 bits per heavy atom. The van der Waals surface area contributed by atoms with Crippen LogP contribution in [0.1, 0.15) is 56.8 Å².